The third-order valence-electron chi connectivity index (χ3n) is 3.04. The van der Waals surface area contributed by atoms with Crippen LogP contribution in [0.2, 0.25) is 0 Å². The lowest BCUT2D eigenvalue weighted by Gasteiger charge is -2.21. The van der Waals surface area contributed by atoms with Crippen molar-refractivity contribution < 1.29 is 0 Å². The Labute approximate surface area is 94.5 Å². The molecule has 4 heteroatoms. The van der Waals surface area contributed by atoms with Crippen LogP contribution in [0, 0.1) is 0 Å². The first-order chi connectivity index (χ1) is 7.77. The van der Waals surface area contributed by atoms with Gasteiger partial charge in [-0.2, -0.15) is 0 Å². The molecule has 3 heterocycles. The first kappa shape index (κ1) is 9.27. The van der Waals surface area contributed by atoms with E-state index in [1.807, 2.05) is 18.5 Å². The van der Waals surface area contributed by atoms with E-state index in [-0.39, 0.29) is 6.04 Å². The van der Waals surface area contributed by atoms with Crippen molar-refractivity contribution in [1.29, 1.82) is 0 Å². The van der Waals surface area contributed by atoms with Crippen LogP contribution >= 0.6 is 0 Å². The molecule has 0 saturated carbocycles. The molecule has 4 nitrogen and oxygen atoms in total. The summed E-state index contributed by atoms with van der Waals surface area (Å²) in [5.41, 5.74) is 3.46. The van der Waals surface area contributed by atoms with E-state index >= 15 is 0 Å². The van der Waals surface area contributed by atoms with E-state index in [0.717, 1.165) is 11.4 Å². The molecule has 2 aromatic rings. The van der Waals surface area contributed by atoms with Gasteiger partial charge in [0.15, 0.2) is 0 Å². The van der Waals surface area contributed by atoms with E-state index < -0.39 is 0 Å². The summed E-state index contributed by atoms with van der Waals surface area (Å²) in [5, 5.41) is 5.60. The van der Waals surface area contributed by atoms with Gasteiger partial charge in [-0.3, -0.25) is 14.7 Å². The molecule has 0 bridgehead atoms. The largest absolute Gasteiger partial charge is 0.374 e. The molecule has 0 saturated heterocycles. The molecule has 0 spiro atoms. The van der Waals surface area contributed by atoms with E-state index in [2.05, 4.69) is 52.3 Å². The molecule has 82 valence electrons. The molecule has 3 rings (SSSR count). The van der Waals surface area contributed by atoms with Crippen molar-refractivity contribution in [2.24, 2.45) is 0 Å². The van der Waals surface area contributed by atoms with Gasteiger partial charge in [0.2, 0.25) is 0 Å². The molecule has 1 aliphatic heterocycles. The molecular weight excluding hydrogens is 200 g/mol. The normalized spacial score (nSPS) is 18.4. The number of nitrogens with one attached hydrogen (secondary N) is 1. The Hall–Kier alpha value is -1.97. The highest BCUT2D eigenvalue weighted by Gasteiger charge is 2.20. The lowest BCUT2D eigenvalue weighted by atomic mass is 10.2. The molecule has 0 amide bonds. The van der Waals surface area contributed by atoms with Gasteiger partial charge < -0.3 is 5.32 Å². The van der Waals surface area contributed by atoms with Crippen molar-refractivity contribution in [3.05, 3.63) is 42.5 Å². The molecule has 1 atom stereocenters. The maximum atomic E-state index is 4.16. The number of hydrogen-bond acceptors (Lipinski definition) is 3. The van der Waals surface area contributed by atoms with Crippen molar-refractivity contribution in [2.45, 2.75) is 13.0 Å². The van der Waals surface area contributed by atoms with Gasteiger partial charge in [0, 0.05) is 19.4 Å². The third-order valence-corrected chi connectivity index (χ3v) is 3.04. The number of rotatable bonds is 0. The van der Waals surface area contributed by atoms with Gasteiger partial charge in [0.25, 0.3) is 0 Å². The Bertz CT molecular complexity index is 517. The van der Waals surface area contributed by atoms with Gasteiger partial charge >= 0.3 is 0 Å². The fourth-order valence-corrected chi connectivity index (χ4v) is 2.21. The first-order valence-corrected chi connectivity index (χ1v) is 5.39. The average molecular weight is 214 g/mol. The maximum absolute atomic E-state index is 4.16. The Morgan fingerprint density at radius 2 is 2.25 bits per heavy atom. The third kappa shape index (κ3) is 1.19. The van der Waals surface area contributed by atoms with E-state index in [1.165, 1.54) is 5.69 Å². The summed E-state index contributed by atoms with van der Waals surface area (Å²) < 4.78 is 2.16. The fourth-order valence-electron chi connectivity index (χ4n) is 2.21. The van der Waals surface area contributed by atoms with Crippen LogP contribution in [0.15, 0.2) is 36.8 Å². The second-order valence-corrected chi connectivity index (χ2v) is 4.06. The molecule has 1 aliphatic rings. The van der Waals surface area contributed by atoms with Crippen LogP contribution < -0.4 is 10.3 Å². The predicted octanol–water partition coefficient (Wildman–Crippen LogP) is 2.27. The predicted molar refractivity (Wildman–Crippen MR) is 64.5 cm³/mol. The van der Waals surface area contributed by atoms with Crippen LogP contribution in [-0.2, 0) is 0 Å². The molecule has 0 aliphatic carbocycles. The summed E-state index contributed by atoms with van der Waals surface area (Å²) in [7, 11) is 2.06. The van der Waals surface area contributed by atoms with E-state index in [0.29, 0.717) is 0 Å². The summed E-state index contributed by atoms with van der Waals surface area (Å²) in [6, 6.07) is 6.50. The summed E-state index contributed by atoms with van der Waals surface area (Å²) in [5.74, 6) is 0. The van der Waals surface area contributed by atoms with Crippen LogP contribution in [-0.4, -0.2) is 16.7 Å². The molecule has 1 N–H and O–H groups in total. The Kier molecular flexibility index (Phi) is 1.89. The van der Waals surface area contributed by atoms with Gasteiger partial charge in [0.05, 0.1) is 29.3 Å². The first-order valence-electron chi connectivity index (χ1n) is 5.39. The zero-order chi connectivity index (χ0) is 11.1. The monoisotopic (exact) mass is 214 g/mol. The van der Waals surface area contributed by atoms with Crippen molar-refractivity contribution in [3.8, 4) is 0 Å². The molecule has 1 unspecified atom stereocenters. The van der Waals surface area contributed by atoms with Gasteiger partial charge in [-0.25, -0.2) is 0 Å². The molecular formula is C12H14N4. The number of hydrogen-bond donors (Lipinski definition) is 1. The van der Waals surface area contributed by atoms with Crippen LogP contribution in [0.5, 0.6) is 0 Å². The fraction of sp³-hybridized carbons (Fsp3) is 0.250. The number of nitrogens with zero attached hydrogens (tertiary/aromatic N) is 3. The number of fused-ring (bicyclic) bond motifs is 2. The summed E-state index contributed by atoms with van der Waals surface area (Å²) in [6.45, 7) is 2.15. The van der Waals surface area contributed by atoms with E-state index in [9.17, 15) is 0 Å². The van der Waals surface area contributed by atoms with Gasteiger partial charge in [-0.1, -0.05) is 0 Å². The second-order valence-electron chi connectivity index (χ2n) is 4.06. The quantitative estimate of drug-likeness (QED) is 0.730. The van der Waals surface area contributed by atoms with Gasteiger partial charge in [0.1, 0.15) is 0 Å². The summed E-state index contributed by atoms with van der Waals surface area (Å²) in [6.07, 6.45) is 5.76. The molecule has 0 radical (unpaired) electrons. The Balaban J connectivity index is 2.21. The van der Waals surface area contributed by atoms with E-state index in [1.54, 1.807) is 0 Å². The minimum Gasteiger partial charge on any atom is -0.374 e. The van der Waals surface area contributed by atoms with Crippen molar-refractivity contribution >= 4 is 11.4 Å². The number of pyridine rings is 1. The van der Waals surface area contributed by atoms with Crippen molar-refractivity contribution in [3.63, 3.8) is 0 Å². The highest BCUT2D eigenvalue weighted by atomic mass is 15.5. The highest BCUT2D eigenvalue weighted by molar-refractivity contribution is 5.70. The van der Waals surface area contributed by atoms with Crippen molar-refractivity contribution in [1.82, 2.24) is 9.66 Å². The zero-order valence-electron chi connectivity index (χ0n) is 9.38. The molecule has 0 aromatic carbocycles. The topological polar surface area (TPSA) is 33.1 Å². The Morgan fingerprint density at radius 1 is 1.38 bits per heavy atom. The maximum Gasteiger partial charge on any atom is 0.0837 e. The second kappa shape index (κ2) is 3.27. The van der Waals surface area contributed by atoms with Crippen LogP contribution in [0.3, 0.4) is 0 Å². The molecule has 16 heavy (non-hydrogen) atoms. The summed E-state index contributed by atoms with van der Waals surface area (Å²) >= 11 is 0. The van der Waals surface area contributed by atoms with Crippen LogP contribution in [0.25, 0.3) is 0 Å². The summed E-state index contributed by atoms with van der Waals surface area (Å²) in [4.78, 5) is 4.16. The van der Waals surface area contributed by atoms with Gasteiger partial charge in [-0.05, 0) is 25.1 Å². The van der Waals surface area contributed by atoms with Gasteiger partial charge in [-0.15, -0.1) is 0 Å². The highest BCUT2D eigenvalue weighted by Crippen LogP contribution is 2.32. The minimum atomic E-state index is 0.280. The zero-order valence-corrected chi connectivity index (χ0v) is 9.38. The van der Waals surface area contributed by atoms with Crippen LogP contribution in [0.1, 0.15) is 18.7 Å². The lowest BCUT2D eigenvalue weighted by molar-refractivity contribution is 0.706. The average Bonchev–Trinajstić information content (AvgIpc) is 2.74. The SMILES string of the molecule is CC1Nc2cnccc2N(C)n2cccc21. The smallest absolute Gasteiger partial charge is 0.0837 e. The molecule has 0 fully saturated rings. The molecule has 2 aromatic heterocycles. The number of aromatic nitrogens is 2. The minimum absolute atomic E-state index is 0.280. The number of anilines is 2. The van der Waals surface area contributed by atoms with Crippen molar-refractivity contribution in [2.75, 3.05) is 17.4 Å². The lowest BCUT2D eigenvalue weighted by Crippen LogP contribution is -2.24. The Morgan fingerprint density at radius 3 is 3.12 bits per heavy atom. The standard InChI is InChI=1S/C12H14N4/c1-9-11-4-3-7-16(11)15(2)12-5-6-13-8-10(12)14-9/h3-9,14H,1-2H3. The van der Waals surface area contributed by atoms with Crippen LogP contribution in [0.4, 0.5) is 11.4 Å². The van der Waals surface area contributed by atoms with E-state index in [4.69, 9.17) is 0 Å².